The van der Waals surface area contributed by atoms with E-state index in [4.69, 9.17) is 9.47 Å². The smallest absolute Gasteiger partial charge is 0.124 e. The van der Waals surface area contributed by atoms with Crippen molar-refractivity contribution in [1.29, 1.82) is 0 Å². The second kappa shape index (κ2) is 6.14. The largest absolute Gasteiger partial charge is 0.496 e. The second-order valence-electron chi connectivity index (χ2n) is 7.01. The Morgan fingerprint density at radius 2 is 1.96 bits per heavy atom. The van der Waals surface area contributed by atoms with E-state index in [0.717, 1.165) is 18.8 Å². The third-order valence-corrected chi connectivity index (χ3v) is 5.39. The zero-order chi connectivity index (χ0) is 16.7. The Bertz CT molecular complexity index is 755. The van der Waals surface area contributed by atoms with Gasteiger partial charge in [0.2, 0.25) is 0 Å². The Balaban J connectivity index is 1.84. The molecule has 1 fully saturated rings. The summed E-state index contributed by atoms with van der Waals surface area (Å²) in [5.74, 6) is 1.39. The van der Waals surface area contributed by atoms with Crippen LogP contribution in [-0.4, -0.2) is 13.7 Å². The predicted octanol–water partition coefficient (Wildman–Crippen LogP) is 4.95. The fraction of sp³-hybridized carbons (Fsp3) is 0.429. The van der Waals surface area contributed by atoms with Gasteiger partial charge in [0.15, 0.2) is 0 Å². The van der Waals surface area contributed by atoms with Gasteiger partial charge in [-0.25, -0.2) is 0 Å². The molecule has 2 aromatic carbocycles. The number of hydrogen-bond acceptors (Lipinski definition) is 3. The van der Waals surface area contributed by atoms with Gasteiger partial charge in [-0.05, 0) is 38.3 Å². The molecular weight excluding hydrogens is 298 g/mol. The summed E-state index contributed by atoms with van der Waals surface area (Å²) < 4.78 is 11.9. The fourth-order valence-corrected chi connectivity index (χ4v) is 4.38. The summed E-state index contributed by atoms with van der Waals surface area (Å²) in [6, 6.07) is 13.1. The summed E-state index contributed by atoms with van der Waals surface area (Å²) >= 11 is 0. The van der Waals surface area contributed by atoms with Crippen molar-refractivity contribution in [2.24, 2.45) is 5.92 Å². The monoisotopic (exact) mass is 323 g/mol. The van der Waals surface area contributed by atoms with Crippen LogP contribution in [0.4, 0.5) is 5.69 Å². The lowest BCUT2D eigenvalue weighted by atomic mass is 9.76. The number of fused-ring (bicyclic) bond motifs is 3. The summed E-state index contributed by atoms with van der Waals surface area (Å²) in [7, 11) is 1.75. The average Bonchev–Trinajstić information content (AvgIpc) is 2.61. The molecule has 3 heteroatoms. The van der Waals surface area contributed by atoms with E-state index in [-0.39, 0.29) is 12.1 Å². The van der Waals surface area contributed by atoms with Gasteiger partial charge in [0.1, 0.15) is 5.75 Å². The van der Waals surface area contributed by atoms with Gasteiger partial charge in [-0.1, -0.05) is 35.9 Å². The van der Waals surface area contributed by atoms with Crippen molar-refractivity contribution >= 4 is 5.69 Å². The molecule has 4 rings (SSSR count). The lowest BCUT2D eigenvalue weighted by Gasteiger charge is -2.44. The van der Waals surface area contributed by atoms with Gasteiger partial charge in [0, 0.05) is 29.3 Å². The molecule has 0 bridgehead atoms. The lowest BCUT2D eigenvalue weighted by Crippen LogP contribution is -2.36. The molecule has 2 heterocycles. The van der Waals surface area contributed by atoms with Crippen LogP contribution in [0.3, 0.4) is 0 Å². The first kappa shape index (κ1) is 15.5. The molecule has 0 radical (unpaired) electrons. The molecule has 1 N–H and O–H groups in total. The Morgan fingerprint density at radius 1 is 1.12 bits per heavy atom. The summed E-state index contributed by atoms with van der Waals surface area (Å²) in [6.45, 7) is 5.20. The normalized spacial score (nSPS) is 25.4. The van der Waals surface area contributed by atoms with E-state index in [1.54, 1.807) is 7.11 Å². The highest BCUT2D eigenvalue weighted by Gasteiger charge is 2.41. The molecule has 2 aliphatic rings. The molecule has 0 aromatic heterocycles. The zero-order valence-electron chi connectivity index (χ0n) is 14.6. The first-order valence-corrected chi connectivity index (χ1v) is 8.81. The number of rotatable bonds is 2. The van der Waals surface area contributed by atoms with Gasteiger partial charge < -0.3 is 14.8 Å². The number of ether oxygens (including phenoxy) is 2. The Hall–Kier alpha value is -2.00. The minimum absolute atomic E-state index is 0.170. The van der Waals surface area contributed by atoms with E-state index >= 15 is 0 Å². The lowest BCUT2D eigenvalue weighted by molar-refractivity contribution is -0.0383. The first-order chi connectivity index (χ1) is 11.7. The maximum absolute atomic E-state index is 6.26. The molecule has 2 aromatic rings. The Kier molecular flexibility index (Phi) is 3.97. The van der Waals surface area contributed by atoms with Crippen molar-refractivity contribution in [3.8, 4) is 5.75 Å². The highest BCUT2D eigenvalue weighted by molar-refractivity contribution is 5.63. The van der Waals surface area contributed by atoms with E-state index in [2.05, 4.69) is 43.4 Å². The van der Waals surface area contributed by atoms with Gasteiger partial charge in [-0.2, -0.15) is 0 Å². The molecule has 0 spiro atoms. The standard InChI is InChI=1S/C21H25NO2/c1-13-11-14(2)19-17(12-13)21-16(8-6-10-24-21)20(22-19)15-7-4-5-9-18(15)23-3/h4-5,7,9,11-12,16,20-22H,6,8,10H2,1-3H3/t16-,20?,21-/m0/s1. The minimum atomic E-state index is 0.170. The fourth-order valence-electron chi connectivity index (χ4n) is 4.38. The molecule has 0 aliphatic carbocycles. The highest BCUT2D eigenvalue weighted by Crippen LogP contribution is 2.51. The zero-order valence-corrected chi connectivity index (χ0v) is 14.6. The van der Waals surface area contributed by atoms with Crippen molar-refractivity contribution in [2.75, 3.05) is 19.0 Å². The first-order valence-electron chi connectivity index (χ1n) is 8.81. The highest BCUT2D eigenvalue weighted by atomic mass is 16.5. The van der Waals surface area contributed by atoms with Crippen LogP contribution in [0.5, 0.6) is 5.75 Å². The quantitative estimate of drug-likeness (QED) is 0.848. The van der Waals surface area contributed by atoms with Gasteiger partial charge in [-0.3, -0.25) is 0 Å². The van der Waals surface area contributed by atoms with E-state index in [1.165, 1.54) is 34.4 Å². The number of methoxy groups -OCH3 is 1. The molecule has 3 nitrogen and oxygen atoms in total. The summed E-state index contributed by atoms with van der Waals surface area (Å²) in [5, 5.41) is 3.82. The molecule has 24 heavy (non-hydrogen) atoms. The van der Waals surface area contributed by atoms with Crippen LogP contribution in [0.15, 0.2) is 36.4 Å². The van der Waals surface area contributed by atoms with E-state index in [1.807, 2.05) is 12.1 Å². The maximum Gasteiger partial charge on any atom is 0.124 e. The molecule has 1 saturated heterocycles. The van der Waals surface area contributed by atoms with Crippen LogP contribution in [0.25, 0.3) is 0 Å². The van der Waals surface area contributed by atoms with Crippen LogP contribution in [0.1, 0.15) is 47.2 Å². The summed E-state index contributed by atoms with van der Waals surface area (Å²) in [4.78, 5) is 0. The van der Waals surface area contributed by atoms with Crippen molar-refractivity contribution < 1.29 is 9.47 Å². The number of hydrogen-bond donors (Lipinski definition) is 1. The summed E-state index contributed by atoms with van der Waals surface area (Å²) in [6.07, 6.45) is 2.46. The number of aryl methyl sites for hydroxylation is 2. The van der Waals surface area contributed by atoms with Crippen molar-refractivity contribution in [3.05, 3.63) is 58.7 Å². The number of benzene rings is 2. The van der Waals surface area contributed by atoms with E-state index < -0.39 is 0 Å². The van der Waals surface area contributed by atoms with Crippen molar-refractivity contribution in [3.63, 3.8) is 0 Å². The maximum atomic E-state index is 6.26. The van der Waals surface area contributed by atoms with Gasteiger partial charge in [0.05, 0.1) is 19.3 Å². The number of anilines is 1. The van der Waals surface area contributed by atoms with Gasteiger partial charge in [-0.15, -0.1) is 0 Å². The molecule has 0 saturated carbocycles. The third kappa shape index (κ3) is 2.48. The molecule has 3 atom stereocenters. The third-order valence-electron chi connectivity index (χ3n) is 5.39. The SMILES string of the molecule is COc1ccccc1C1Nc2c(C)cc(C)cc2[C@H]2OCCC[C@@H]12. The van der Waals surface area contributed by atoms with E-state index in [0.29, 0.717) is 5.92 Å². The van der Waals surface area contributed by atoms with Crippen LogP contribution < -0.4 is 10.1 Å². The van der Waals surface area contributed by atoms with Crippen LogP contribution in [0.2, 0.25) is 0 Å². The Labute approximate surface area is 144 Å². The second-order valence-corrected chi connectivity index (χ2v) is 7.01. The van der Waals surface area contributed by atoms with Crippen LogP contribution in [0, 0.1) is 19.8 Å². The van der Waals surface area contributed by atoms with E-state index in [9.17, 15) is 0 Å². The number of para-hydroxylation sites is 1. The minimum Gasteiger partial charge on any atom is -0.496 e. The molecule has 126 valence electrons. The van der Waals surface area contributed by atoms with Crippen molar-refractivity contribution in [2.45, 2.75) is 38.8 Å². The number of nitrogens with one attached hydrogen (secondary N) is 1. The molecule has 0 amide bonds. The average molecular weight is 323 g/mol. The molecule has 2 aliphatic heterocycles. The summed E-state index contributed by atoms with van der Waals surface area (Å²) in [5.41, 5.74) is 6.38. The predicted molar refractivity (Wildman–Crippen MR) is 96.7 cm³/mol. The van der Waals surface area contributed by atoms with Crippen LogP contribution in [-0.2, 0) is 4.74 Å². The molecule has 1 unspecified atom stereocenters. The Morgan fingerprint density at radius 3 is 2.79 bits per heavy atom. The topological polar surface area (TPSA) is 30.5 Å². The van der Waals surface area contributed by atoms with Crippen molar-refractivity contribution in [1.82, 2.24) is 0 Å². The van der Waals surface area contributed by atoms with Crippen LogP contribution >= 0.6 is 0 Å². The van der Waals surface area contributed by atoms with Gasteiger partial charge >= 0.3 is 0 Å². The molecular formula is C21H25NO2. The van der Waals surface area contributed by atoms with Gasteiger partial charge in [0.25, 0.3) is 0 Å².